The minimum absolute atomic E-state index is 0. The van der Waals surface area contributed by atoms with Gasteiger partial charge in [-0.15, -0.1) is 12.4 Å². The minimum Gasteiger partial charge on any atom is -0.497 e. The summed E-state index contributed by atoms with van der Waals surface area (Å²) in [5.41, 5.74) is 2.37. The zero-order valence-corrected chi connectivity index (χ0v) is 21.5. The number of hydrogen-bond donors (Lipinski definition) is 3. The van der Waals surface area contributed by atoms with E-state index >= 15 is 0 Å². The molecule has 1 aliphatic carbocycles. The first kappa shape index (κ1) is 27.5. The van der Waals surface area contributed by atoms with Gasteiger partial charge in [-0.25, -0.2) is 0 Å². The van der Waals surface area contributed by atoms with Gasteiger partial charge in [0, 0.05) is 19.0 Å². The molecule has 1 heterocycles. The van der Waals surface area contributed by atoms with Crippen LogP contribution in [0.1, 0.15) is 43.7 Å². The molecule has 4 rings (SSSR count). The van der Waals surface area contributed by atoms with Crippen molar-refractivity contribution in [2.75, 3.05) is 13.7 Å². The lowest BCUT2D eigenvalue weighted by atomic mass is 9.68. The Morgan fingerprint density at radius 2 is 1.80 bits per heavy atom. The van der Waals surface area contributed by atoms with Crippen molar-refractivity contribution in [1.29, 1.82) is 0 Å². The summed E-state index contributed by atoms with van der Waals surface area (Å²) in [4.78, 5) is 12.2. The van der Waals surface area contributed by atoms with Gasteiger partial charge >= 0.3 is 0 Å². The average Bonchev–Trinajstić information content (AvgIpc) is 2.87. The molecule has 2 aromatic rings. The molecule has 2 aromatic carbocycles. The number of methoxy groups -OCH3 is 1. The number of fused-ring (bicyclic) bond motifs is 1. The fraction of sp³-hybridized carbons (Fsp3) is 0.536. The second kappa shape index (κ2) is 13.3. The topological polar surface area (TPSA) is 79.8 Å². The van der Waals surface area contributed by atoms with Gasteiger partial charge in [0.05, 0.1) is 32.0 Å². The van der Waals surface area contributed by atoms with Crippen molar-refractivity contribution < 1.29 is 19.4 Å². The quantitative estimate of drug-likeness (QED) is 0.459. The van der Waals surface area contributed by atoms with Crippen molar-refractivity contribution in [3.8, 4) is 5.75 Å². The lowest BCUT2D eigenvalue weighted by Crippen LogP contribution is -2.59. The highest BCUT2D eigenvalue weighted by atomic mass is 35.5. The molecule has 1 aliphatic heterocycles. The van der Waals surface area contributed by atoms with E-state index in [2.05, 4.69) is 41.8 Å². The predicted molar refractivity (Wildman–Crippen MR) is 140 cm³/mol. The third-order valence-electron chi connectivity index (χ3n) is 7.41. The van der Waals surface area contributed by atoms with Crippen molar-refractivity contribution >= 4 is 18.3 Å². The second-order valence-corrected chi connectivity index (χ2v) is 9.80. The first-order valence-electron chi connectivity index (χ1n) is 12.5. The van der Waals surface area contributed by atoms with E-state index in [1.807, 2.05) is 30.3 Å². The number of amides is 1. The van der Waals surface area contributed by atoms with Gasteiger partial charge in [-0.05, 0) is 67.7 Å². The molecule has 0 aromatic heterocycles. The summed E-state index contributed by atoms with van der Waals surface area (Å²) in [5.74, 6) is 1.34. The summed E-state index contributed by atoms with van der Waals surface area (Å²) >= 11 is 0. The van der Waals surface area contributed by atoms with Crippen LogP contribution < -0.4 is 15.4 Å². The first-order valence-corrected chi connectivity index (χ1v) is 12.5. The monoisotopic (exact) mass is 502 g/mol. The lowest BCUT2D eigenvalue weighted by molar-refractivity contribution is -0.133. The molecule has 3 N–H and O–H groups in total. The fourth-order valence-corrected chi connectivity index (χ4v) is 5.54. The van der Waals surface area contributed by atoms with Gasteiger partial charge in [-0.2, -0.15) is 0 Å². The summed E-state index contributed by atoms with van der Waals surface area (Å²) in [5, 5.41) is 17.8. The van der Waals surface area contributed by atoms with Gasteiger partial charge < -0.3 is 25.2 Å². The van der Waals surface area contributed by atoms with Crippen LogP contribution >= 0.6 is 12.4 Å². The number of rotatable bonds is 10. The molecule has 7 heteroatoms. The van der Waals surface area contributed by atoms with E-state index in [0.29, 0.717) is 19.6 Å². The highest BCUT2D eigenvalue weighted by molar-refractivity contribution is 5.85. The third kappa shape index (κ3) is 7.43. The third-order valence-corrected chi connectivity index (χ3v) is 7.41. The Balaban J connectivity index is 0.00000342. The van der Waals surface area contributed by atoms with Crippen molar-refractivity contribution in [2.24, 2.45) is 11.8 Å². The highest BCUT2D eigenvalue weighted by Gasteiger charge is 2.45. The zero-order valence-electron chi connectivity index (χ0n) is 20.7. The van der Waals surface area contributed by atoms with Crippen LogP contribution in [0.5, 0.6) is 5.75 Å². The molecule has 6 atom stereocenters. The van der Waals surface area contributed by atoms with Crippen LogP contribution in [0.25, 0.3) is 0 Å². The van der Waals surface area contributed by atoms with Gasteiger partial charge in [0.25, 0.3) is 0 Å². The Labute approximate surface area is 215 Å². The largest absolute Gasteiger partial charge is 0.497 e. The zero-order chi connectivity index (χ0) is 23.9. The molecule has 0 radical (unpaired) electrons. The Bertz CT molecular complexity index is 911. The van der Waals surface area contributed by atoms with Crippen LogP contribution in [-0.4, -0.2) is 49.0 Å². The minimum atomic E-state index is -0.448. The second-order valence-electron chi connectivity index (χ2n) is 9.80. The van der Waals surface area contributed by atoms with Crippen LogP contribution in [0, 0.1) is 11.8 Å². The molecule has 2 fully saturated rings. The number of piperidine rings is 1. The molecule has 2 aliphatic rings. The number of aliphatic hydroxyl groups excluding tert-OH is 1. The van der Waals surface area contributed by atoms with Crippen LogP contribution in [0.4, 0.5) is 0 Å². The van der Waals surface area contributed by atoms with Gasteiger partial charge in [0.1, 0.15) is 5.75 Å². The SMILES string of the molecule is COc1ccc(CC(C)NCC(O)C2CCC(OCc3ccccc3)C3NC(=O)CCC23)cc1.Cl. The Morgan fingerprint density at radius 3 is 2.51 bits per heavy atom. The number of benzene rings is 2. The molecule has 35 heavy (non-hydrogen) atoms. The van der Waals surface area contributed by atoms with E-state index in [0.717, 1.165) is 37.0 Å². The Kier molecular flexibility index (Phi) is 10.4. The van der Waals surface area contributed by atoms with E-state index in [1.54, 1.807) is 7.11 Å². The average molecular weight is 503 g/mol. The summed E-state index contributed by atoms with van der Waals surface area (Å²) in [7, 11) is 1.67. The van der Waals surface area contributed by atoms with Gasteiger partial charge in [-0.1, -0.05) is 42.5 Å². The number of ether oxygens (including phenoxy) is 2. The molecule has 6 unspecified atom stereocenters. The Hall–Kier alpha value is -2.12. The van der Waals surface area contributed by atoms with Crippen LogP contribution in [0.3, 0.4) is 0 Å². The van der Waals surface area contributed by atoms with Crippen molar-refractivity contribution in [2.45, 2.75) is 69.9 Å². The molecule has 0 spiro atoms. The maximum absolute atomic E-state index is 12.2. The molecular weight excluding hydrogens is 464 g/mol. The maximum atomic E-state index is 12.2. The summed E-state index contributed by atoms with van der Waals surface area (Å²) in [6.07, 6.45) is 3.51. The fourth-order valence-electron chi connectivity index (χ4n) is 5.54. The number of nitrogens with one attached hydrogen (secondary N) is 2. The molecule has 1 saturated carbocycles. The molecule has 0 bridgehead atoms. The lowest BCUT2D eigenvalue weighted by Gasteiger charge is -2.47. The highest BCUT2D eigenvalue weighted by Crippen LogP contribution is 2.39. The number of carbonyl (C=O) groups is 1. The summed E-state index contributed by atoms with van der Waals surface area (Å²) in [6.45, 7) is 3.24. The van der Waals surface area contributed by atoms with E-state index in [-0.39, 0.29) is 48.3 Å². The molecular formula is C28H39ClN2O4. The van der Waals surface area contributed by atoms with Crippen LogP contribution in [0.2, 0.25) is 0 Å². The van der Waals surface area contributed by atoms with Crippen molar-refractivity contribution in [1.82, 2.24) is 10.6 Å². The van der Waals surface area contributed by atoms with Crippen molar-refractivity contribution in [3.63, 3.8) is 0 Å². The summed E-state index contributed by atoms with van der Waals surface area (Å²) < 4.78 is 11.5. The maximum Gasteiger partial charge on any atom is 0.220 e. The van der Waals surface area contributed by atoms with E-state index in [9.17, 15) is 9.90 Å². The first-order chi connectivity index (χ1) is 16.5. The summed E-state index contributed by atoms with van der Waals surface area (Å²) in [6, 6.07) is 18.5. The van der Waals surface area contributed by atoms with Gasteiger partial charge in [0.2, 0.25) is 5.91 Å². The van der Waals surface area contributed by atoms with Crippen LogP contribution in [0.15, 0.2) is 54.6 Å². The number of hydrogen-bond acceptors (Lipinski definition) is 5. The van der Waals surface area contributed by atoms with Gasteiger partial charge in [0.15, 0.2) is 0 Å². The molecule has 192 valence electrons. The number of halogens is 1. The predicted octanol–water partition coefficient (Wildman–Crippen LogP) is 3.89. The molecule has 1 amide bonds. The van der Waals surface area contributed by atoms with E-state index < -0.39 is 6.10 Å². The van der Waals surface area contributed by atoms with Crippen molar-refractivity contribution in [3.05, 3.63) is 65.7 Å². The molecule has 1 saturated heterocycles. The van der Waals surface area contributed by atoms with E-state index in [1.165, 1.54) is 5.56 Å². The van der Waals surface area contributed by atoms with Gasteiger partial charge in [-0.3, -0.25) is 4.79 Å². The smallest absolute Gasteiger partial charge is 0.220 e. The normalized spacial score (nSPS) is 25.5. The molecule has 6 nitrogen and oxygen atoms in total. The standard InChI is InChI=1S/C28H38N2O4.ClH/c1-19(16-20-8-10-22(33-2)11-9-20)29-17-25(31)23-12-14-26(28-24(23)13-15-27(32)30-28)34-18-21-6-4-3-5-7-21;/h3-11,19,23-26,28-29,31H,12-18H2,1-2H3,(H,30,32);1H. The van der Waals surface area contributed by atoms with Crippen LogP contribution in [-0.2, 0) is 22.6 Å². The van der Waals surface area contributed by atoms with E-state index in [4.69, 9.17) is 9.47 Å². The number of aliphatic hydroxyl groups is 1. The number of carbonyl (C=O) groups excluding carboxylic acids is 1. The Morgan fingerprint density at radius 1 is 1.06 bits per heavy atom.